The molecule has 0 aliphatic rings. The van der Waals surface area contributed by atoms with Gasteiger partial charge in [0, 0.05) is 12.7 Å². The average molecular weight is 337 g/mol. The summed E-state index contributed by atoms with van der Waals surface area (Å²) < 4.78 is 10.3. The molecule has 2 aromatic carbocycles. The summed E-state index contributed by atoms with van der Waals surface area (Å²) in [5.74, 6) is 0.907. The molecule has 128 valence electrons. The standard InChI is InChI=1S/C19H19N3O3/c1-24-16-9-7-14(8-10-16)12-22-19(23)15(11-20)13-21-17-5-3-4-6-18(17)25-2/h3-10,13,21H,12H2,1-2H3,(H,22,23)/b15-13-. The largest absolute Gasteiger partial charge is 0.497 e. The quantitative estimate of drug-likeness (QED) is 0.599. The summed E-state index contributed by atoms with van der Waals surface area (Å²) in [4.78, 5) is 12.1. The fourth-order valence-corrected chi connectivity index (χ4v) is 2.08. The number of nitrogens with one attached hydrogen (secondary N) is 2. The fourth-order valence-electron chi connectivity index (χ4n) is 2.08. The number of nitriles is 1. The van der Waals surface area contributed by atoms with Gasteiger partial charge in [-0.3, -0.25) is 4.79 Å². The molecule has 0 spiro atoms. The average Bonchev–Trinajstić information content (AvgIpc) is 2.67. The lowest BCUT2D eigenvalue weighted by molar-refractivity contribution is -0.117. The Balaban J connectivity index is 1.99. The Labute approximate surface area is 146 Å². The minimum atomic E-state index is -0.458. The van der Waals surface area contributed by atoms with E-state index in [0.717, 1.165) is 11.3 Å². The molecule has 0 unspecified atom stereocenters. The van der Waals surface area contributed by atoms with Crippen LogP contribution < -0.4 is 20.1 Å². The smallest absolute Gasteiger partial charge is 0.263 e. The van der Waals surface area contributed by atoms with Gasteiger partial charge in [0.25, 0.3) is 5.91 Å². The summed E-state index contributed by atoms with van der Waals surface area (Å²) in [7, 11) is 3.15. The number of ether oxygens (including phenoxy) is 2. The molecule has 0 radical (unpaired) electrons. The lowest BCUT2D eigenvalue weighted by Crippen LogP contribution is -2.24. The van der Waals surface area contributed by atoms with Crippen LogP contribution in [0.15, 0.2) is 60.3 Å². The number of anilines is 1. The van der Waals surface area contributed by atoms with Crippen LogP contribution in [0.3, 0.4) is 0 Å². The van der Waals surface area contributed by atoms with Gasteiger partial charge in [-0.15, -0.1) is 0 Å². The van der Waals surface area contributed by atoms with Gasteiger partial charge in [0.05, 0.1) is 19.9 Å². The van der Waals surface area contributed by atoms with Crippen molar-refractivity contribution in [2.45, 2.75) is 6.54 Å². The van der Waals surface area contributed by atoms with Crippen LogP contribution in [-0.2, 0) is 11.3 Å². The third-order valence-electron chi connectivity index (χ3n) is 3.46. The number of para-hydroxylation sites is 2. The molecule has 2 aromatic rings. The van der Waals surface area contributed by atoms with E-state index >= 15 is 0 Å². The zero-order chi connectivity index (χ0) is 18.1. The second kappa shape index (κ2) is 8.99. The Bertz CT molecular complexity index is 792. The number of nitrogens with zero attached hydrogens (tertiary/aromatic N) is 1. The van der Waals surface area contributed by atoms with E-state index in [4.69, 9.17) is 9.47 Å². The molecular formula is C19H19N3O3. The Morgan fingerprint density at radius 3 is 2.48 bits per heavy atom. The molecule has 6 heteroatoms. The second-order valence-electron chi connectivity index (χ2n) is 5.05. The molecule has 0 saturated heterocycles. The lowest BCUT2D eigenvalue weighted by Gasteiger charge is -2.08. The zero-order valence-electron chi connectivity index (χ0n) is 14.1. The highest BCUT2D eigenvalue weighted by Gasteiger charge is 2.09. The van der Waals surface area contributed by atoms with Gasteiger partial charge < -0.3 is 20.1 Å². The highest BCUT2D eigenvalue weighted by molar-refractivity contribution is 5.97. The van der Waals surface area contributed by atoms with E-state index in [1.807, 2.05) is 42.5 Å². The van der Waals surface area contributed by atoms with Gasteiger partial charge in [-0.1, -0.05) is 24.3 Å². The maximum absolute atomic E-state index is 12.1. The number of benzene rings is 2. The van der Waals surface area contributed by atoms with E-state index < -0.39 is 5.91 Å². The maximum Gasteiger partial charge on any atom is 0.263 e. The molecule has 0 bridgehead atoms. The molecule has 0 aliphatic carbocycles. The number of carbonyl (C=O) groups excluding carboxylic acids is 1. The third-order valence-corrected chi connectivity index (χ3v) is 3.46. The topological polar surface area (TPSA) is 83.4 Å². The van der Waals surface area contributed by atoms with E-state index in [1.54, 1.807) is 26.4 Å². The third kappa shape index (κ3) is 5.01. The Morgan fingerprint density at radius 2 is 1.84 bits per heavy atom. The predicted molar refractivity (Wildman–Crippen MR) is 95.2 cm³/mol. The Morgan fingerprint density at radius 1 is 1.12 bits per heavy atom. The minimum Gasteiger partial charge on any atom is -0.497 e. The number of methoxy groups -OCH3 is 2. The van der Waals surface area contributed by atoms with Crippen molar-refractivity contribution in [1.82, 2.24) is 5.32 Å². The zero-order valence-corrected chi connectivity index (χ0v) is 14.1. The van der Waals surface area contributed by atoms with Crippen molar-refractivity contribution in [3.8, 4) is 17.6 Å². The van der Waals surface area contributed by atoms with Gasteiger partial charge in [0.2, 0.25) is 0 Å². The van der Waals surface area contributed by atoms with Crippen molar-refractivity contribution in [1.29, 1.82) is 5.26 Å². The molecule has 0 aliphatic heterocycles. The van der Waals surface area contributed by atoms with Crippen LogP contribution in [-0.4, -0.2) is 20.1 Å². The van der Waals surface area contributed by atoms with E-state index in [1.165, 1.54) is 6.20 Å². The minimum absolute atomic E-state index is 0.0283. The molecule has 0 fully saturated rings. The van der Waals surface area contributed by atoms with Gasteiger partial charge in [0.15, 0.2) is 0 Å². The van der Waals surface area contributed by atoms with E-state index in [2.05, 4.69) is 10.6 Å². The summed E-state index contributed by atoms with van der Waals surface area (Å²) in [6.45, 7) is 0.316. The first kappa shape index (κ1) is 17.9. The van der Waals surface area contributed by atoms with Crippen LogP contribution in [0, 0.1) is 11.3 Å². The molecule has 2 rings (SSSR count). The number of carbonyl (C=O) groups is 1. The van der Waals surface area contributed by atoms with Crippen molar-refractivity contribution >= 4 is 11.6 Å². The van der Waals surface area contributed by atoms with Gasteiger partial charge >= 0.3 is 0 Å². The first-order valence-electron chi connectivity index (χ1n) is 7.59. The molecule has 0 saturated carbocycles. The summed E-state index contributed by atoms with van der Waals surface area (Å²) in [6, 6.07) is 16.4. The maximum atomic E-state index is 12.1. The summed E-state index contributed by atoms with van der Waals surface area (Å²) >= 11 is 0. The van der Waals surface area contributed by atoms with E-state index in [0.29, 0.717) is 18.0 Å². The van der Waals surface area contributed by atoms with Crippen molar-refractivity contribution in [2.24, 2.45) is 0 Å². The molecule has 0 aromatic heterocycles. The van der Waals surface area contributed by atoms with Crippen molar-refractivity contribution in [2.75, 3.05) is 19.5 Å². The normalized spacial score (nSPS) is 10.5. The van der Waals surface area contributed by atoms with Gasteiger partial charge in [-0.05, 0) is 29.8 Å². The monoisotopic (exact) mass is 337 g/mol. The Kier molecular flexibility index (Phi) is 6.43. The van der Waals surface area contributed by atoms with Crippen LogP contribution >= 0.6 is 0 Å². The highest BCUT2D eigenvalue weighted by Crippen LogP contribution is 2.23. The summed E-state index contributed by atoms with van der Waals surface area (Å²) in [5, 5.41) is 14.8. The van der Waals surface area contributed by atoms with Crippen LogP contribution in [0.25, 0.3) is 0 Å². The molecule has 0 atom stereocenters. The number of rotatable bonds is 7. The van der Waals surface area contributed by atoms with Crippen LogP contribution in [0.2, 0.25) is 0 Å². The van der Waals surface area contributed by atoms with Crippen molar-refractivity contribution < 1.29 is 14.3 Å². The van der Waals surface area contributed by atoms with E-state index in [9.17, 15) is 10.1 Å². The molecule has 25 heavy (non-hydrogen) atoms. The number of hydrogen-bond acceptors (Lipinski definition) is 5. The predicted octanol–water partition coefficient (Wildman–Crippen LogP) is 2.84. The first-order valence-corrected chi connectivity index (χ1v) is 7.59. The molecule has 6 nitrogen and oxygen atoms in total. The SMILES string of the molecule is COc1ccc(CNC(=O)/C(C#N)=C\Nc2ccccc2OC)cc1. The second-order valence-corrected chi connectivity index (χ2v) is 5.05. The van der Waals surface area contributed by atoms with Crippen molar-refractivity contribution in [3.63, 3.8) is 0 Å². The summed E-state index contributed by atoms with van der Waals surface area (Å²) in [5.41, 5.74) is 1.55. The first-order chi connectivity index (χ1) is 12.2. The number of hydrogen-bond donors (Lipinski definition) is 2. The molecule has 0 heterocycles. The molecule has 1 amide bonds. The van der Waals surface area contributed by atoms with Crippen LogP contribution in [0.1, 0.15) is 5.56 Å². The van der Waals surface area contributed by atoms with Gasteiger partial charge in [-0.2, -0.15) is 5.26 Å². The van der Waals surface area contributed by atoms with Gasteiger partial charge in [-0.25, -0.2) is 0 Å². The van der Waals surface area contributed by atoms with Crippen LogP contribution in [0.5, 0.6) is 11.5 Å². The van der Waals surface area contributed by atoms with Crippen molar-refractivity contribution in [3.05, 3.63) is 65.9 Å². The Hall–Kier alpha value is -3.46. The fraction of sp³-hybridized carbons (Fsp3) is 0.158. The van der Waals surface area contributed by atoms with Gasteiger partial charge in [0.1, 0.15) is 23.1 Å². The van der Waals surface area contributed by atoms with E-state index in [-0.39, 0.29) is 5.57 Å². The highest BCUT2D eigenvalue weighted by atomic mass is 16.5. The van der Waals surface area contributed by atoms with Crippen LogP contribution in [0.4, 0.5) is 5.69 Å². The number of amides is 1. The summed E-state index contributed by atoms with van der Waals surface area (Å²) in [6.07, 6.45) is 1.36. The molecule has 2 N–H and O–H groups in total. The molecular weight excluding hydrogens is 318 g/mol. The lowest BCUT2D eigenvalue weighted by atomic mass is 10.2.